The van der Waals surface area contributed by atoms with E-state index in [0.717, 1.165) is 62.6 Å². The van der Waals surface area contributed by atoms with Gasteiger partial charge in [0.05, 0.1) is 36.2 Å². The topological polar surface area (TPSA) is 91.4 Å². The van der Waals surface area contributed by atoms with Crippen molar-refractivity contribution in [2.75, 3.05) is 48.4 Å². The van der Waals surface area contributed by atoms with Crippen molar-refractivity contribution >= 4 is 40.5 Å². The van der Waals surface area contributed by atoms with Gasteiger partial charge in [-0.05, 0) is 55.8 Å². The number of carbonyl (C=O) groups excluding carboxylic acids is 1. The zero-order chi connectivity index (χ0) is 23.3. The molecule has 0 unspecified atom stereocenters. The van der Waals surface area contributed by atoms with Gasteiger partial charge >= 0.3 is 0 Å². The van der Waals surface area contributed by atoms with E-state index in [-0.39, 0.29) is 11.9 Å². The van der Waals surface area contributed by atoms with Crippen LogP contribution in [0.5, 0.6) is 0 Å². The van der Waals surface area contributed by atoms with Crippen LogP contribution >= 0.6 is 11.6 Å². The minimum atomic E-state index is -0.118. The van der Waals surface area contributed by atoms with Gasteiger partial charge in [-0.2, -0.15) is 0 Å². The number of carbonyl (C=O) groups is 1. The van der Waals surface area contributed by atoms with Gasteiger partial charge in [0, 0.05) is 35.7 Å². The van der Waals surface area contributed by atoms with Gasteiger partial charge in [0.15, 0.2) is 0 Å². The van der Waals surface area contributed by atoms with Crippen LogP contribution in [0.4, 0.5) is 23.0 Å². The first-order valence-corrected chi connectivity index (χ1v) is 11.9. The molecule has 1 atom stereocenters. The van der Waals surface area contributed by atoms with Crippen LogP contribution in [0, 0.1) is 0 Å². The first-order chi connectivity index (χ1) is 16.7. The van der Waals surface area contributed by atoms with Crippen molar-refractivity contribution in [2.45, 2.75) is 18.9 Å². The summed E-state index contributed by atoms with van der Waals surface area (Å²) in [6.45, 7) is 4.20. The van der Waals surface area contributed by atoms with Crippen LogP contribution in [0.2, 0.25) is 5.02 Å². The Hall–Kier alpha value is -3.20. The molecular formula is C25H27ClN6O2. The number of amides is 1. The average molecular weight is 479 g/mol. The largest absolute Gasteiger partial charge is 0.378 e. The molecule has 5 rings (SSSR count). The molecule has 9 heteroatoms. The summed E-state index contributed by atoms with van der Waals surface area (Å²) in [4.78, 5) is 23.6. The Morgan fingerprint density at radius 1 is 1.06 bits per heavy atom. The molecule has 2 saturated heterocycles. The maximum atomic E-state index is 12.3. The molecule has 2 aliphatic rings. The summed E-state index contributed by atoms with van der Waals surface area (Å²) in [5.74, 6) is 0.458. The lowest BCUT2D eigenvalue weighted by Crippen LogP contribution is -2.36. The highest BCUT2D eigenvalue weighted by Crippen LogP contribution is 2.28. The highest BCUT2D eigenvalue weighted by Gasteiger charge is 2.22. The molecule has 8 nitrogen and oxygen atoms in total. The second-order valence-corrected chi connectivity index (χ2v) is 8.78. The summed E-state index contributed by atoms with van der Waals surface area (Å²) in [6.07, 6.45) is 3.49. The van der Waals surface area contributed by atoms with Crippen molar-refractivity contribution in [3.05, 3.63) is 59.8 Å². The second kappa shape index (κ2) is 10.4. The quantitative estimate of drug-likeness (QED) is 0.492. The van der Waals surface area contributed by atoms with Crippen LogP contribution in [0.25, 0.3) is 11.3 Å². The Morgan fingerprint density at radius 2 is 1.79 bits per heavy atom. The lowest BCUT2D eigenvalue weighted by atomic mass is 10.1. The Kier molecular flexibility index (Phi) is 6.89. The lowest BCUT2D eigenvalue weighted by molar-refractivity contribution is -0.117. The van der Waals surface area contributed by atoms with E-state index in [1.165, 1.54) is 5.69 Å². The number of anilines is 4. The zero-order valence-electron chi connectivity index (χ0n) is 18.8. The average Bonchev–Trinajstić information content (AvgIpc) is 3.42. The van der Waals surface area contributed by atoms with Crippen molar-refractivity contribution in [2.24, 2.45) is 0 Å². The van der Waals surface area contributed by atoms with E-state index in [1.807, 2.05) is 36.4 Å². The molecule has 3 heterocycles. The number of aromatic nitrogens is 2. The molecule has 2 aromatic carbocycles. The van der Waals surface area contributed by atoms with Crippen LogP contribution in [0.15, 0.2) is 54.7 Å². The van der Waals surface area contributed by atoms with Gasteiger partial charge in [0.1, 0.15) is 0 Å². The van der Waals surface area contributed by atoms with Crippen molar-refractivity contribution < 1.29 is 9.53 Å². The first-order valence-electron chi connectivity index (χ1n) is 11.5. The number of hydrogen-bond acceptors (Lipinski definition) is 7. The first kappa shape index (κ1) is 22.6. The number of rotatable bonds is 6. The Bertz CT molecular complexity index is 1130. The van der Waals surface area contributed by atoms with E-state index in [0.29, 0.717) is 16.7 Å². The third kappa shape index (κ3) is 5.30. The smallest absolute Gasteiger partial charge is 0.241 e. The number of nitrogens with one attached hydrogen (secondary N) is 3. The van der Waals surface area contributed by atoms with Gasteiger partial charge in [0.2, 0.25) is 11.9 Å². The molecule has 0 spiro atoms. The molecule has 1 aromatic heterocycles. The minimum absolute atomic E-state index is 0.00329. The van der Waals surface area contributed by atoms with E-state index in [9.17, 15) is 4.79 Å². The van der Waals surface area contributed by atoms with E-state index in [1.54, 1.807) is 6.20 Å². The van der Waals surface area contributed by atoms with E-state index >= 15 is 0 Å². The summed E-state index contributed by atoms with van der Waals surface area (Å²) in [5, 5.41) is 9.88. The molecule has 2 fully saturated rings. The summed E-state index contributed by atoms with van der Waals surface area (Å²) in [5.41, 5.74) is 4.27. The van der Waals surface area contributed by atoms with Crippen LogP contribution in [0.3, 0.4) is 0 Å². The van der Waals surface area contributed by atoms with Crippen LogP contribution in [-0.2, 0) is 9.53 Å². The maximum absolute atomic E-state index is 12.3. The van der Waals surface area contributed by atoms with Gasteiger partial charge in [-0.25, -0.2) is 9.97 Å². The molecule has 2 aliphatic heterocycles. The molecule has 176 valence electrons. The minimum Gasteiger partial charge on any atom is -0.378 e. The fourth-order valence-electron chi connectivity index (χ4n) is 4.19. The van der Waals surface area contributed by atoms with E-state index in [4.69, 9.17) is 16.3 Å². The summed E-state index contributed by atoms with van der Waals surface area (Å²) >= 11 is 6.40. The molecule has 0 aliphatic carbocycles. The van der Waals surface area contributed by atoms with Gasteiger partial charge in [-0.3, -0.25) is 4.79 Å². The second-order valence-electron chi connectivity index (χ2n) is 8.38. The van der Waals surface area contributed by atoms with Crippen LogP contribution < -0.4 is 20.9 Å². The summed E-state index contributed by atoms with van der Waals surface area (Å²) in [7, 11) is 0. The highest BCUT2D eigenvalue weighted by molar-refractivity contribution is 6.32. The van der Waals surface area contributed by atoms with Crippen molar-refractivity contribution in [1.29, 1.82) is 0 Å². The molecule has 1 amide bonds. The van der Waals surface area contributed by atoms with Gasteiger partial charge in [-0.15, -0.1) is 0 Å². The van der Waals surface area contributed by atoms with E-state index < -0.39 is 0 Å². The van der Waals surface area contributed by atoms with Crippen LogP contribution in [0.1, 0.15) is 12.8 Å². The van der Waals surface area contributed by atoms with E-state index in [2.05, 4.69) is 43.0 Å². The molecule has 34 heavy (non-hydrogen) atoms. The van der Waals surface area contributed by atoms with Gasteiger partial charge < -0.3 is 25.6 Å². The van der Waals surface area contributed by atoms with Crippen molar-refractivity contribution in [3.8, 4) is 11.3 Å². The predicted octanol–water partition coefficient (Wildman–Crippen LogP) is 4.07. The maximum Gasteiger partial charge on any atom is 0.241 e. The molecule has 3 aromatic rings. The monoisotopic (exact) mass is 478 g/mol. The SMILES string of the molecule is O=C(Nc1ccc(-c2nc(Nc3ccc(N4CCOCC4)cc3)ncc2Cl)cc1)[C@H]1CCCN1. The standard InChI is InChI=1S/C25H27ClN6O2/c26-21-16-28-25(30-19-7-9-20(10-8-19)32-12-14-34-15-13-32)31-23(21)17-3-5-18(6-4-17)29-24(33)22-2-1-11-27-22/h3-10,16,22,27H,1-2,11-15H2,(H,29,33)(H,28,30,31)/t22-/m1/s1. The number of nitrogens with zero attached hydrogens (tertiary/aromatic N) is 3. The van der Waals surface area contributed by atoms with Crippen LogP contribution in [-0.4, -0.2) is 54.8 Å². The van der Waals surface area contributed by atoms with Crippen molar-refractivity contribution in [1.82, 2.24) is 15.3 Å². The number of ether oxygens (including phenoxy) is 1. The third-order valence-corrected chi connectivity index (χ3v) is 6.32. The van der Waals surface area contributed by atoms with Gasteiger partial charge in [0.25, 0.3) is 0 Å². The molecule has 0 bridgehead atoms. The summed E-state index contributed by atoms with van der Waals surface area (Å²) in [6, 6.07) is 15.6. The van der Waals surface area contributed by atoms with Crippen molar-refractivity contribution in [3.63, 3.8) is 0 Å². The fourth-order valence-corrected chi connectivity index (χ4v) is 4.39. The zero-order valence-corrected chi connectivity index (χ0v) is 19.5. The Labute approximate surface area is 203 Å². The fraction of sp³-hybridized carbons (Fsp3) is 0.320. The normalized spacial score (nSPS) is 18.0. The molecular weight excluding hydrogens is 452 g/mol. The number of morpholine rings is 1. The number of benzene rings is 2. The lowest BCUT2D eigenvalue weighted by Gasteiger charge is -2.28. The predicted molar refractivity (Wildman–Crippen MR) is 135 cm³/mol. The molecule has 0 saturated carbocycles. The summed E-state index contributed by atoms with van der Waals surface area (Å²) < 4.78 is 5.42. The molecule has 3 N–H and O–H groups in total. The highest BCUT2D eigenvalue weighted by atomic mass is 35.5. The number of hydrogen-bond donors (Lipinski definition) is 3. The van der Waals surface area contributed by atoms with Gasteiger partial charge in [-0.1, -0.05) is 23.7 Å². The molecule has 0 radical (unpaired) electrons. The third-order valence-electron chi connectivity index (χ3n) is 6.05. The number of halogens is 1. The Morgan fingerprint density at radius 3 is 2.50 bits per heavy atom. The Balaban J connectivity index is 1.26.